The average Bonchev–Trinajstić information content (AvgIpc) is 2.70. The summed E-state index contributed by atoms with van der Waals surface area (Å²) in [6.45, 7) is 3.30. The van der Waals surface area contributed by atoms with Gasteiger partial charge in [-0.05, 0) is 19.9 Å². The van der Waals surface area contributed by atoms with E-state index < -0.39 is 5.97 Å². The van der Waals surface area contributed by atoms with Crippen LogP contribution in [0.25, 0.3) is 0 Å². The number of hydrogen-bond donors (Lipinski definition) is 0. The maximum absolute atomic E-state index is 12.1. The molecule has 0 aliphatic carbocycles. The number of aromatic nitrogens is 1. The Morgan fingerprint density at radius 2 is 2.00 bits per heavy atom. The second-order valence-corrected chi connectivity index (χ2v) is 4.25. The first-order chi connectivity index (χ1) is 8.86. The molecule has 1 rings (SSSR count). The molecule has 0 bridgehead atoms. The minimum absolute atomic E-state index is 0.109. The fourth-order valence-electron chi connectivity index (χ4n) is 1.64. The molecule has 6 nitrogen and oxygen atoms in total. The maximum Gasteiger partial charge on any atom is 0.325 e. The largest absolute Gasteiger partial charge is 0.465 e. The number of amides is 1. The summed E-state index contributed by atoms with van der Waals surface area (Å²) >= 11 is 0. The Morgan fingerprint density at radius 1 is 1.37 bits per heavy atom. The molecule has 1 amide bonds. The molecule has 0 radical (unpaired) electrons. The number of nitrogens with zero attached hydrogens (tertiary/aromatic N) is 2. The van der Waals surface area contributed by atoms with Crippen LogP contribution in [0.3, 0.4) is 0 Å². The lowest BCUT2D eigenvalue weighted by Crippen LogP contribution is -2.34. The minimum atomic E-state index is -0.459. The second-order valence-electron chi connectivity index (χ2n) is 4.25. The number of ketones is 1. The lowest BCUT2D eigenvalue weighted by molar-refractivity contribution is -0.143. The molecule has 0 fully saturated rings. The maximum atomic E-state index is 12.1. The summed E-state index contributed by atoms with van der Waals surface area (Å²) in [5.74, 6) is -0.898. The van der Waals surface area contributed by atoms with E-state index in [0.717, 1.165) is 0 Å². The van der Waals surface area contributed by atoms with Crippen LogP contribution in [0.1, 0.15) is 34.7 Å². The minimum Gasteiger partial charge on any atom is -0.465 e. The molecule has 0 unspecified atom stereocenters. The summed E-state index contributed by atoms with van der Waals surface area (Å²) in [4.78, 5) is 36.0. The fraction of sp³-hybridized carbons (Fsp3) is 0.462. The molecule has 0 aliphatic rings. The van der Waals surface area contributed by atoms with Crippen LogP contribution in [-0.2, 0) is 16.6 Å². The quantitative estimate of drug-likeness (QED) is 0.585. The van der Waals surface area contributed by atoms with Crippen molar-refractivity contribution in [3.63, 3.8) is 0 Å². The summed E-state index contributed by atoms with van der Waals surface area (Å²) in [5.41, 5.74) is 0.826. The smallest absolute Gasteiger partial charge is 0.325 e. The first-order valence-electron chi connectivity index (χ1n) is 5.95. The van der Waals surface area contributed by atoms with Crippen LogP contribution in [0.5, 0.6) is 0 Å². The molecule has 0 saturated carbocycles. The van der Waals surface area contributed by atoms with Crippen molar-refractivity contribution in [1.82, 2.24) is 9.47 Å². The van der Waals surface area contributed by atoms with Gasteiger partial charge >= 0.3 is 5.97 Å². The van der Waals surface area contributed by atoms with Gasteiger partial charge in [-0.2, -0.15) is 0 Å². The molecule has 1 aromatic heterocycles. The Labute approximate surface area is 111 Å². The van der Waals surface area contributed by atoms with Crippen molar-refractivity contribution in [3.05, 3.63) is 23.5 Å². The van der Waals surface area contributed by atoms with Crippen LogP contribution < -0.4 is 0 Å². The molecule has 1 aromatic rings. The van der Waals surface area contributed by atoms with Gasteiger partial charge in [0.1, 0.15) is 12.2 Å². The van der Waals surface area contributed by atoms with Gasteiger partial charge < -0.3 is 14.2 Å². The number of ether oxygens (including phenoxy) is 1. The van der Waals surface area contributed by atoms with Crippen LogP contribution in [0.4, 0.5) is 0 Å². The van der Waals surface area contributed by atoms with Gasteiger partial charge in [0.15, 0.2) is 5.78 Å². The Balaban J connectivity index is 2.82. The Morgan fingerprint density at radius 3 is 2.47 bits per heavy atom. The normalized spacial score (nSPS) is 10.1. The molecule has 0 spiro atoms. The first-order valence-corrected chi connectivity index (χ1v) is 5.95. The fourth-order valence-corrected chi connectivity index (χ4v) is 1.64. The molecule has 104 valence electrons. The van der Waals surface area contributed by atoms with Crippen molar-refractivity contribution in [2.75, 3.05) is 20.2 Å². The van der Waals surface area contributed by atoms with Gasteiger partial charge in [0.25, 0.3) is 5.91 Å². The zero-order valence-corrected chi connectivity index (χ0v) is 11.6. The second kappa shape index (κ2) is 6.17. The van der Waals surface area contributed by atoms with Gasteiger partial charge in [-0.3, -0.25) is 14.4 Å². The molecule has 0 N–H and O–H groups in total. The molecular formula is C13H18N2O4. The van der Waals surface area contributed by atoms with Crippen LogP contribution >= 0.6 is 0 Å². The van der Waals surface area contributed by atoms with Crippen molar-refractivity contribution in [1.29, 1.82) is 0 Å². The molecule has 0 saturated heterocycles. The van der Waals surface area contributed by atoms with Gasteiger partial charge in [-0.15, -0.1) is 0 Å². The topological polar surface area (TPSA) is 68.6 Å². The number of rotatable bonds is 5. The summed E-state index contributed by atoms with van der Waals surface area (Å²) in [6.07, 6.45) is 1.59. The van der Waals surface area contributed by atoms with Crippen molar-refractivity contribution >= 4 is 17.7 Å². The van der Waals surface area contributed by atoms with E-state index in [-0.39, 0.29) is 24.8 Å². The third kappa shape index (κ3) is 3.67. The van der Waals surface area contributed by atoms with E-state index in [1.54, 1.807) is 24.7 Å². The zero-order valence-electron chi connectivity index (χ0n) is 11.6. The SMILES string of the molecule is CCOC(=O)CN(C)C(=O)c1cc(C(C)=O)cn1C. The summed E-state index contributed by atoms with van der Waals surface area (Å²) in [6, 6.07) is 1.52. The van der Waals surface area contributed by atoms with Crippen molar-refractivity contribution < 1.29 is 19.1 Å². The van der Waals surface area contributed by atoms with Crippen LogP contribution in [0, 0.1) is 0 Å². The van der Waals surface area contributed by atoms with E-state index in [4.69, 9.17) is 4.74 Å². The summed E-state index contributed by atoms with van der Waals surface area (Å²) in [5, 5.41) is 0. The molecular weight excluding hydrogens is 248 g/mol. The van der Waals surface area contributed by atoms with Crippen molar-refractivity contribution in [2.45, 2.75) is 13.8 Å². The lowest BCUT2D eigenvalue weighted by Gasteiger charge is -2.16. The molecule has 0 aliphatic heterocycles. The highest BCUT2D eigenvalue weighted by Gasteiger charge is 2.19. The average molecular weight is 266 g/mol. The first kappa shape index (κ1) is 14.9. The number of carbonyl (C=O) groups is 3. The van der Waals surface area contributed by atoms with Gasteiger partial charge in [-0.1, -0.05) is 0 Å². The third-order valence-electron chi connectivity index (χ3n) is 2.65. The van der Waals surface area contributed by atoms with Gasteiger partial charge in [0, 0.05) is 25.9 Å². The summed E-state index contributed by atoms with van der Waals surface area (Å²) in [7, 11) is 3.19. The van der Waals surface area contributed by atoms with Crippen molar-refractivity contribution in [2.24, 2.45) is 7.05 Å². The highest BCUT2D eigenvalue weighted by atomic mass is 16.5. The molecule has 6 heteroatoms. The molecule has 0 aromatic carbocycles. The van der Waals surface area contributed by atoms with E-state index in [1.165, 1.54) is 24.9 Å². The van der Waals surface area contributed by atoms with Crippen LogP contribution in [0.15, 0.2) is 12.3 Å². The molecule has 0 atom stereocenters. The molecule has 1 heterocycles. The van der Waals surface area contributed by atoms with E-state index in [2.05, 4.69) is 0 Å². The monoisotopic (exact) mass is 266 g/mol. The highest BCUT2D eigenvalue weighted by molar-refractivity contribution is 5.99. The number of carbonyl (C=O) groups excluding carboxylic acids is 3. The summed E-state index contributed by atoms with van der Waals surface area (Å²) < 4.78 is 6.35. The van der Waals surface area contributed by atoms with E-state index in [0.29, 0.717) is 11.3 Å². The zero-order chi connectivity index (χ0) is 14.6. The highest BCUT2D eigenvalue weighted by Crippen LogP contribution is 2.10. The number of aryl methyl sites for hydroxylation is 1. The standard InChI is InChI=1S/C13H18N2O4/c1-5-19-12(17)8-15(4)13(18)11-6-10(9(2)16)7-14(11)3/h6-7H,5,8H2,1-4H3. The van der Waals surface area contributed by atoms with Gasteiger partial charge in [0.2, 0.25) is 0 Å². The molecule has 19 heavy (non-hydrogen) atoms. The van der Waals surface area contributed by atoms with Crippen LogP contribution in [0.2, 0.25) is 0 Å². The third-order valence-corrected chi connectivity index (χ3v) is 2.65. The predicted molar refractivity (Wildman–Crippen MR) is 69.0 cm³/mol. The predicted octanol–water partition coefficient (Wildman–Crippen LogP) is 0.863. The van der Waals surface area contributed by atoms with Crippen molar-refractivity contribution in [3.8, 4) is 0 Å². The van der Waals surface area contributed by atoms with E-state index in [1.807, 2.05) is 0 Å². The Hall–Kier alpha value is -2.11. The number of Topliss-reactive ketones (excluding diaryl/α,β-unsaturated/α-hetero) is 1. The van der Waals surface area contributed by atoms with Gasteiger partial charge in [-0.25, -0.2) is 0 Å². The van der Waals surface area contributed by atoms with E-state index in [9.17, 15) is 14.4 Å². The lowest BCUT2D eigenvalue weighted by atomic mass is 10.2. The number of likely N-dealkylation sites (N-methyl/N-ethyl adjacent to an activating group) is 1. The Kier molecular flexibility index (Phi) is 4.86. The Bertz CT molecular complexity index is 505. The van der Waals surface area contributed by atoms with E-state index >= 15 is 0 Å². The van der Waals surface area contributed by atoms with Crippen LogP contribution in [-0.4, -0.2) is 47.3 Å². The van der Waals surface area contributed by atoms with Gasteiger partial charge in [0.05, 0.1) is 6.61 Å². The number of hydrogen-bond acceptors (Lipinski definition) is 4. The number of esters is 1.